The zero-order valence-electron chi connectivity index (χ0n) is 55.3. The molecule has 0 radical (unpaired) electrons. The minimum absolute atomic E-state index is 0. The third kappa shape index (κ3) is 19.8. The number of hydrogen-bond donors (Lipinski definition) is 4. The number of nitrogens with two attached hydrogens (primary N) is 1. The van der Waals surface area contributed by atoms with Gasteiger partial charge in [-0.05, 0) is 53.2 Å². The van der Waals surface area contributed by atoms with Crippen LogP contribution in [0.4, 0.5) is 5.82 Å². The molecule has 31 nitrogen and oxygen atoms in total. The summed E-state index contributed by atoms with van der Waals surface area (Å²) >= 11 is 2.90. The number of carboxylic acids is 2. The number of Topliss-reactive ketones (excluding diaryl/α,β-unsaturated/α-hetero) is 1. The number of fused-ring (bicyclic) bond motifs is 5. The van der Waals surface area contributed by atoms with Gasteiger partial charge in [-0.1, -0.05) is 64.9 Å². The molecule has 0 saturated carbocycles. The Morgan fingerprint density at radius 2 is 0.926 bits per heavy atom. The quantitative estimate of drug-likeness (QED) is 0.0518. The first-order valence-corrected chi connectivity index (χ1v) is 31.3. The van der Waals surface area contributed by atoms with E-state index >= 15 is 0 Å². The van der Waals surface area contributed by atoms with Gasteiger partial charge in [-0.15, -0.1) is 0 Å². The molecule has 11 heterocycles. The number of methoxy groups -OCH3 is 4. The molecule has 32 heteroatoms. The number of ether oxygens (including phenoxy) is 4. The maximum Gasteiger partial charge on any atom is 0.357 e. The van der Waals surface area contributed by atoms with Crippen molar-refractivity contribution < 1.29 is 62.7 Å². The average Bonchev–Trinajstić information content (AvgIpc) is 1.69. The number of carboxylic acid groups (broad SMARTS) is 2. The van der Waals surface area contributed by atoms with Gasteiger partial charge in [0.1, 0.15) is 29.1 Å². The predicted molar refractivity (Wildman–Crippen MR) is 351 cm³/mol. The third-order valence-corrected chi connectivity index (χ3v) is 15.8. The number of nitrogens with one attached hydrogen (secondary N) is 1. The summed E-state index contributed by atoms with van der Waals surface area (Å²) in [5.74, 6) is 0.741. The van der Waals surface area contributed by atoms with Gasteiger partial charge >= 0.3 is 35.8 Å². The summed E-state index contributed by atoms with van der Waals surface area (Å²) in [4.78, 5) is 118. The van der Waals surface area contributed by atoms with E-state index in [2.05, 4.69) is 87.6 Å². The molecule has 1 unspecified atom stereocenters. The van der Waals surface area contributed by atoms with E-state index in [0.717, 1.165) is 132 Å². The molecule has 0 amide bonds. The number of aryl methyl sites for hydroxylation is 5. The van der Waals surface area contributed by atoms with Crippen LogP contribution >= 0.6 is 15.9 Å². The Morgan fingerprint density at radius 1 is 0.532 bits per heavy atom. The van der Waals surface area contributed by atoms with E-state index < -0.39 is 22.7 Å². The molecule has 7 aromatic heterocycles. The summed E-state index contributed by atoms with van der Waals surface area (Å²) in [6, 6.07) is 0. The van der Waals surface area contributed by atoms with Gasteiger partial charge in [0.15, 0.2) is 44.7 Å². The number of nitrogens with zero attached hydrogens (tertiary/aromatic N) is 16. The average molecular weight is 1380 g/mol. The zero-order valence-corrected chi connectivity index (χ0v) is 56.9. The molecule has 514 valence electrons. The molecule has 5 N–H and O–H groups in total. The standard InChI is InChI=1S/C11H17N3O2.3C10H15N3O2.C10H11N3O2.C6H9BrO3.C4H5N3.CH4/c1-4-8-10(11(15)16-3)14-6-5-13(2)7-9(14)12-8;2*1-3-7-9(10(14)15)13-5-4-12(2)6-8(13)11-7;2*1-3-7-9(10(14)15-2)13-5-4-11-6-8(13)12-7;1-3-4(8)5(7)6(9)10-2;5-4-3-6-1-2-7-4;/h4-7H2,1-3H3;2*3-6H2,1-2H3,(H,14,15);11H,3-6H2,1-2H3;4-6H,3H2,1-2H3;5H,3H2,1-2H3;1-3H,(H2,5,7);1H4. The van der Waals surface area contributed by atoms with Gasteiger partial charge in [-0.2, -0.15) is 0 Å². The molecular formula is C62H91BrN18O13. The summed E-state index contributed by atoms with van der Waals surface area (Å²) in [6.07, 6.45) is 13.4. The third-order valence-electron chi connectivity index (χ3n) is 15.0. The smallest absolute Gasteiger partial charge is 0.357 e. The number of ketones is 1. The highest BCUT2D eigenvalue weighted by Gasteiger charge is 2.29. The lowest BCUT2D eigenvalue weighted by Gasteiger charge is -2.24. The van der Waals surface area contributed by atoms with Crippen LogP contribution in [0.5, 0.6) is 0 Å². The fourth-order valence-electron chi connectivity index (χ4n) is 10.2. The highest BCUT2D eigenvalue weighted by atomic mass is 79.9. The number of imidazole rings is 5. The number of carbonyl (C=O) groups is 7. The van der Waals surface area contributed by atoms with Gasteiger partial charge in [0.25, 0.3) is 0 Å². The second-order valence-electron chi connectivity index (χ2n) is 21.2. The Morgan fingerprint density at radius 3 is 1.30 bits per heavy atom. The van der Waals surface area contributed by atoms with Crippen LogP contribution in [0.25, 0.3) is 5.65 Å². The highest BCUT2D eigenvalue weighted by molar-refractivity contribution is 9.10. The Labute approximate surface area is 555 Å². The van der Waals surface area contributed by atoms with E-state index in [1.165, 1.54) is 34.6 Å². The lowest BCUT2D eigenvalue weighted by molar-refractivity contribution is -0.142. The van der Waals surface area contributed by atoms with Gasteiger partial charge < -0.3 is 58.5 Å². The fourth-order valence-corrected chi connectivity index (χ4v) is 10.7. The number of halogens is 1. The molecule has 4 aliphatic rings. The van der Waals surface area contributed by atoms with Crippen LogP contribution in [-0.4, -0.2) is 210 Å². The van der Waals surface area contributed by atoms with Crippen molar-refractivity contribution in [1.29, 1.82) is 0 Å². The van der Waals surface area contributed by atoms with E-state index in [4.69, 9.17) is 30.2 Å². The van der Waals surface area contributed by atoms with Crippen LogP contribution in [-0.2, 0) is 113 Å². The maximum atomic E-state index is 11.7. The molecule has 0 aliphatic carbocycles. The molecule has 7 aromatic rings. The number of aromatic carboxylic acids is 2. The van der Waals surface area contributed by atoms with Gasteiger partial charge in [0.05, 0.1) is 95.5 Å². The second-order valence-corrected chi connectivity index (χ2v) is 22.1. The summed E-state index contributed by atoms with van der Waals surface area (Å²) < 4.78 is 28.0. The fraction of sp³-hybridized carbons (Fsp3) is 0.532. The lowest BCUT2D eigenvalue weighted by atomic mass is 10.2. The van der Waals surface area contributed by atoms with Crippen molar-refractivity contribution in [3.05, 3.63) is 117 Å². The molecule has 0 saturated heterocycles. The summed E-state index contributed by atoms with van der Waals surface area (Å²) in [5.41, 5.74) is 12.1. The van der Waals surface area contributed by atoms with Crippen LogP contribution in [0.1, 0.15) is 160 Å². The molecule has 11 rings (SSSR count). The number of likely N-dealkylation sites (N-methyl/N-ethyl adjacent to an activating group) is 3. The zero-order chi connectivity index (χ0) is 68.6. The topological polar surface area (TPSA) is 372 Å². The summed E-state index contributed by atoms with van der Waals surface area (Å²) in [6.45, 7) is 21.1. The van der Waals surface area contributed by atoms with Gasteiger partial charge in [-0.25, -0.2) is 53.9 Å². The van der Waals surface area contributed by atoms with Crippen molar-refractivity contribution in [3.8, 4) is 0 Å². The molecule has 4 aliphatic heterocycles. The summed E-state index contributed by atoms with van der Waals surface area (Å²) in [5, 5.41) is 21.5. The molecule has 0 aromatic carbocycles. The highest BCUT2D eigenvalue weighted by Crippen LogP contribution is 2.22. The number of alkyl halides is 1. The van der Waals surface area contributed by atoms with E-state index in [1.54, 1.807) is 42.3 Å². The van der Waals surface area contributed by atoms with Crippen molar-refractivity contribution in [2.75, 3.05) is 81.5 Å². The number of hydrogen-bond acceptors (Lipinski definition) is 24. The number of esters is 4. The van der Waals surface area contributed by atoms with Gasteiger partial charge in [0.2, 0.25) is 0 Å². The minimum Gasteiger partial charge on any atom is -0.477 e. The van der Waals surface area contributed by atoms with Gasteiger partial charge in [-0.3, -0.25) is 38.7 Å². The van der Waals surface area contributed by atoms with E-state index in [1.807, 2.05) is 67.0 Å². The van der Waals surface area contributed by atoms with Crippen LogP contribution in [0, 0.1) is 0 Å². The number of aromatic nitrogens is 13. The van der Waals surface area contributed by atoms with Crippen LogP contribution in [0.15, 0.2) is 37.2 Å². The van der Waals surface area contributed by atoms with Crippen LogP contribution < -0.4 is 11.1 Å². The summed E-state index contributed by atoms with van der Waals surface area (Å²) in [7, 11) is 11.5. The Hall–Kier alpha value is -8.85. The Kier molecular flexibility index (Phi) is 31.2. The Bertz CT molecular complexity index is 3580. The van der Waals surface area contributed by atoms with E-state index in [0.29, 0.717) is 77.0 Å². The van der Waals surface area contributed by atoms with E-state index in [-0.39, 0.29) is 31.1 Å². The van der Waals surface area contributed by atoms with E-state index in [9.17, 15) is 33.6 Å². The molecular weight excluding hydrogens is 1280 g/mol. The van der Waals surface area contributed by atoms with Crippen molar-refractivity contribution in [3.63, 3.8) is 0 Å². The minimum atomic E-state index is -0.866. The van der Waals surface area contributed by atoms with Crippen molar-refractivity contribution >= 4 is 69.0 Å². The largest absolute Gasteiger partial charge is 0.477 e. The first-order chi connectivity index (χ1) is 44.5. The number of rotatable bonds is 13. The number of carbonyl (C=O) groups excluding carboxylic acids is 5. The second kappa shape index (κ2) is 37.7. The number of nitrogen functional groups attached to an aromatic ring is 1. The first kappa shape index (κ1) is 77.6. The monoisotopic (exact) mass is 1370 g/mol. The first-order valence-electron chi connectivity index (χ1n) is 30.4. The van der Waals surface area contributed by atoms with Gasteiger partial charge in [0, 0.05) is 83.6 Å². The van der Waals surface area contributed by atoms with Crippen molar-refractivity contribution in [2.45, 2.75) is 145 Å². The molecule has 0 spiro atoms. The lowest BCUT2D eigenvalue weighted by Crippen LogP contribution is -2.32. The molecule has 1 atom stereocenters. The number of anilines is 1. The Balaban J connectivity index is 0.000000236. The van der Waals surface area contributed by atoms with Crippen molar-refractivity contribution in [2.24, 2.45) is 0 Å². The van der Waals surface area contributed by atoms with Crippen LogP contribution in [0.3, 0.4) is 0 Å². The predicted octanol–water partition coefficient (Wildman–Crippen LogP) is 4.87. The van der Waals surface area contributed by atoms with Crippen molar-refractivity contribution in [1.82, 2.24) is 82.6 Å². The SMILES string of the molecule is C.CCC(=O)C(Br)C(=O)OC.CCc1nc2cnccn2c1C(=O)OC.CCc1nc2n(c1C(=O)O)CCN(C)C2.CCc1nc2n(c1C(=O)O)CCN(C)C2.CCc1nc2n(c1C(=O)OC)CCN(C)C2.CCc1nc2n(c1C(=O)OC)CCNC2.Nc1cnccn1. The molecule has 0 bridgehead atoms. The van der Waals surface area contributed by atoms with Crippen LogP contribution in [0.2, 0.25) is 0 Å². The molecule has 0 fully saturated rings. The normalized spacial score (nSPS) is 13.9. The maximum absolute atomic E-state index is 11.7. The molecule has 94 heavy (non-hydrogen) atoms.